The van der Waals surface area contributed by atoms with Gasteiger partial charge in [0.1, 0.15) is 6.54 Å². The number of nitrogens with two attached hydrogens (primary N) is 1. The number of aryl methyl sites for hydroxylation is 1. The third-order valence-electron chi connectivity index (χ3n) is 4.04. The van der Waals surface area contributed by atoms with E-state index in [9.17, 15) is 14.4 Å². The SMILES string of the molecule is Cc1ccc(NC(=O)Cn2c(=O)cc(C(N)=O)c3ccccc32)cc1Cl. The molecule has 1 aromatic heterocycles. The summed E-state index contributed by atoms with van der Waals surface area (Å²) in [4.78, 5) is 36.4. The van der Waals surface area contributed by atoms with Crippen LogP contribution in [0.2, 0.25) is 5.02 Å². The molecule has 0 aliphatic heterocycles. The van der Waals surface area contributed by atoms with Gasteiger partial charge in [0, 0.05) is 22.2 Å². The summed E-state index contributed by atoms with van der Waals surface area (Å²) in [6.45, 7) is 1.66. The largest absolute Gasteiger partial charge is 0.366 e. The van der Waals surface area contributed by atoms with Crippen LogP contribution in [-0.2, 0) is 11.3 Å². The molecule has 0 saturated carbocycles. The average molecular weight is 370 g/mol. The van der Waals surface area contributed by atoms with Gasteiger partial charge in [-0.1, -0.05) is 35.9 Å². The number of primary amides is 1. The maximum Gasteiger partial charge on any atom is 0.252 e. The van der Waals surface area contributed by atoms with E-state index in [4.69, 9.17) is 17.3 Å². The minimum atomic E-state index is -0.691. The number of nitrogens with one attached hydrogen (secondary N) is 1. The van der Waals surface area contributed by atoms with Crippen molar-refractivity contribution in [3.63, 3.8) is 0 Å². The molecule has 1 heterocycles. The fourth-order valence-corrected chi connectivity index (χ4v) is 2.90. The minimum absolute atomic E-state index is 0.132. The van der Waals surface area contributed by atoms with E-state index in [0.29, 0.717) is 21.6 Å². The van der Waals surface area contributed by atoms with Crippen molar-refractivity contribution in [2.75, 3.05) is 5.32 Å². The maximum atomic E-state index is 12.4. The summed E-state index contributed by atoms with van der Waals surface area (Å²) in [5.74, 6) is -1.08. The van der Waals surface area contributed by atoms with Crippen molar-refractivity contribution in [3.8, 4) is 0 Å². The summed E-state index contributed by atoms with van der Waals surface area (Å²) in [7, 11) is 0. The van der Waals surface area contributed by atoms with E-state index < -0.39 is 11.5 Å². The van der Waals surface area contributed by atoms with Crippen LogP contribution >= 0.6 is 11.6 Å². The van der Waals surface area contributed by atoms with Crippen LogP contribution in [0.25, 0.3) is 10.9 Å². The number of para-hydroxylation sites is 1. The highest BCUT2D eigenvalue weighted by atomic mass is 35.5. The van der Waals surface area contributed by atoms with Crippen molar-refractivity contribution in [1.82, 2.24) is 4.57 Å². The predicted octanol–water partition coefficient (Wildman–Crippen LogP) is 2.70. The van der Waals surface area contributed by atoms with Crippen molar-refractivity contribution in [2.24, 2.45) is 5.73 Å². The molecular weight excluding hydrogens is 354 g/mol. The summed E-state index contributed by atoms with van der Waals surface area (Å²) in [6.07, 6.45) is 0. The van der Waals surface area contributed by atoms with Crippen LogP contribution in [0.1, 0.15) is 15.9 Å². The Balaban J connectivity index is 1.96. The van der Waals surface area contributed by atoms with Crippen LogP contribution in [0.4, 0.5) is 5.69 Å². The van der Waals surface area contributed by atoms with Crippen molar-refractivity contribution in [1.29, 1.82) is 0 Å². The van der Waals surface area contributed by atoms with Crippen molar-refractivity contribution in [3.05, 3.63) is 75.0 Å². The number of hydrogen-bond acceptors (Lipinski definition) is 3. The molecule has 0 radical (unpaired) electrons. The molecule has 2 aromatic carbocycles. The summed E-state index contributed by atoms with van der Waals surface area (Å²) in [5, 5.41) is 3.77. The number of rotatable bonds is 4. The summed E-state index contributed by atoms with van der Waals surface area (Å²) >= 11 is 6.06. The fourth-order valence-electron chi connectivity index (χ4n) is 2.72. The van der Waals surface area contributed by atoms with Crippen molar-refractivity contribution in [2.45, 2.75) is 13.5 Å². The highest BCUT2D eigenvalue weighted by molar-refractivity contribution is 6.31. The predicted molar refractivity (Wildman–Crippen MR) is 102 cm³/mol. The first-order valence-corrected chi connectivity index (χ1v) is 8.23. The second kappa shape index (κ2) is 7.01. The quantitative estimate of drug-likeness (QED) is 0.740. The second-order valence-electron chi connectivity index (χ2n) is 5.88. The third-order valence-corrected chi connectivity index (χ3v) is 4.45. The van der Waals surface area contributed by atoms with Gasteiger partial charge >= 0.3 is 0 Å². The monoisotopic (exact) mass is 369 g/mol. The zero-order valence-electron chi connectivity index (χ0n) is 14.0. The van der Waals surface area contributed by atoms with Crippen LogP contribution in [0.3, 0.4) is 0 Å². The molecule has 0 aliphatic carbocycles. The molecule has 3 rings (SSSR count). The first-order chi connectivity index (χ1) is 12.4. The highest BCUT2D eigenvalue weighted by Crippen LogP contribution is 2.20. The Bertz CT molecular complexity index is 1090. The van der Waals surface area contributed by atoms with Crippen molar-refractivity contribution < 1.29 is 9.59 Å². The Morgan fingerprint density at radius 3 is 2.58 bits per heavy atom. The number of carbonyl (C=O) groups excluding carboxylic acids is 2. The van der Waals surface area contributed by atoms with E-state index in [1.54, 1.807) is 42.5 Å². The van der Waals surface area contributed by atoms with E-state index in [2.05, 4.69) is 5.32 Å². The van der Waals surface area contributed by atoms with Gasteiger partial charge in [-0.25, -0.2) is 0 Å². The number of pyridine rings is 1. The lowest BCUT2D eigenvalue weighted by Crippen LogP contribution is -2.29. The number of aromatic nitrogens is 1. The molecule has 2 amide bonds. The van der Waals surface area contributed by atoms with Gasteiger partial charge in [0.25, 0.3) is 5.56 Å². The molecule has 6 nitrogen and oxygen atoms in total. The number of fused-ring (bicyclic) bond motifs is 1. The Hall–Kier alpha value is -3.12. The van der Waals surface area contributed by atoms with Gasteiger partial charge in [0.05, 0.1) is 11.1 Å². The standard InChI is InChI=1S/C19H16ClN3O3/c1-11-6-7-12(8-15(11)20)22-17(24)10-23-16-5-3-2-4-13(16)14(19(21)26)9-18(23)25/h2-9H,10H2,1H3,(H2,21,26)(H,22,24). The number of halogens is 1. The van der Waals surface area contributed by atoms with Crippen LogP contribution < -0.4 is 16.6 Å². The van der Waals surface area contributed by atoms with Crippen LogP contribution in [0.15, 0.2) is 53.3 Å². The summed E-state index contributed by atoms with van der Waals surface area (Å²) in [5.41, 5.74) is 6.90. The lowest BCUT2D eigenvalue weighted by atomic mass is 10.1. The summed E-state index contributed by atoms with van der Waals surface area (Å²) < 4.78 is 1.30. The Kier molecular flexibility index (Phi) is 4.77. The van der Waals surface area contributed by atoms with Crippen LogP contribution in [0.5, 0.6) is 0 Å². The second-order valence-corrected chi connectivity index (χ2v) is 6.28. The zero-order chi connectivity index (χ0) is 18.8. The molecular formula is C19H16ClN3O3. The fraction of sp³-hybridized carbons (Fsp3) is 0.105. The first-order valence-electron chi connectivity index (χ1n) is 7.85. The van der Waals surface area contributed by atoms with E-state index in [1.807, 2.05) is 6.92 Å². The Morgan fingerprint density at radius 2 is 1.88 bits per heavy atom. The van der Waals surface area contributed by atoms with Gasteiger partial charge in [0.15, 0.2) is 0 Å². The van der Waals surface area contributed by atoms with Gasteiger partial charge in [-0.3, -0.25) is 19.0 Å². The lowest BCUT2D eigenvalue weighted by Gasteiger charge is -2.13. The van der Waals surface area contributed by atoms with Crippen LogP contribution in [0, 0.1) is 6.92 Å². The van der Waals surface area contributed by atoms with Gasteiger partial charge in [0.2, 0.25) is 11.8 Å². The molecule has 3 aromatic rings. The number of anilines is 1. The van der Waals surface area contributed by atoms with Gasteiger partial charge < -0.3 is 11.1 Å². The normalized spacial score (nSPS) is 10.7. The van der Waals surface area contributed by atoms with Crippen molar-refractivity contribution >= 4 is 40.0 Å². The van der Waals surface area contributed by atoms with Gasteiger partial charge in [-0.15, -0.1) is 0 Å². The molecule has 26 heavy (non-hydrogen) atoms. The molecule has 0 fully saturated rings. The molecule has 0 bridgehead atoms. The molecule has 132 valence electrons. The van der Waals surface area contributed by atoms with E-state index in [0.717, 1.165) is 11.6 Å². The maximum absolute atomic E-state index is 12.4. The number of benzene rings is 2. The number of nitrogens with zero attached hydrogens (tertiary/aromatic N) is 1. The molecule has 0 aliphatic rings. The smallest absolute Gasteiger partial charge is 0.252 e. The molecule has 0 spiro atoms. The summed E-state index contributed by atoms with van der Waals surface area (Å²) in [6, 6.07) is 13.1. The third kappa shape index (κ3) is 3.45. The first kappa shape index (κ1) is 17.7. The highest BCUT2D eigenvalue weighted by Gasteiger charge is 2.14. The number of hydrogen-bond donors (Lipinski definition) is 2. The molecule has 0 atom stereocenters. The average Bonchev–Trinajstić information content (AvgIpc) is 2.60. The Morgan fingerprint density at radius 1 is 1.15 bits per heavy atom. The number of amides is 2. The zero-order valence-corrected chi connectivity index (χ0v) is 14.7. The van der Waals surface area contributed by atoms with Gasteiger partial charge in [-0.2, -0.15) is 0 Å². The lowest BCUT2D eigenvalue weighted by molar-refractivity contribution is -0.116. The van der Waals surface area contributed by atoms with Gasteiger partial charge in [-0.05, 0) is 30.7 Å². The molecule has 7 heteroatoms. The number of carbonyl (C=O) groups is 2. The van der Waals surface area contributed by atoms with Crippen LogP contribution in [-0.4, -0.2) is 16.4 Å². The van der Waals surface area contributed by atoms with E-state index >= 15 is 0 Å². The Labute approximate surface area is 154 Å². The molecule has 0 unspecified atom stereocenters. The topological polar surface area (TPSA) is 94.2 Å². The molecule has 3 N–H and O–H groups in total. The van der Waals surface area contributed by atoms with E-state index in [-0.39, 0.29) is 18.0 Å². The van der Waals surface area contributed by atoms with E-state index in [1.165, 1.54) is 4.57 Å². The minimum Gasteiger partial charge on any atom is -0.366 e. The molecule has 0 saturated heterocycles.